The van der Waals surface area contributed by atoms with Crippen LogP contribution in [0, 0.1) is 6.92 Å². The summed E-state index contributed by atoms with van der Waals surface area (Å²) in [7, 11) is 0. The van der Waals surface area contributed by atoms with Gasteiger partial charge in [0.1, 0.15) is 5.82 Å². The zero-order valence-electron chi connectivity index (χ0n) is 9.24. The van der Waals surface area contributed by atoms with Crippen LogP contribution in [0.5, 0.6) is 0 Å². The van der Waals surface area contributed by atoms with Gasteiger partial charge < -0.3 is 10.3 Å². The summed E-state index contributed by atoms with van der Waals surface area (Å²) in [6, 6.07) is 5.78. The van der Waals surface area contributed by atoms with Crippen LogP contribution in [-0.4, -0.2) is 14.8 Å². The van der Waals surface area contributed by atoms with Crippen molar-refractivity contribution in [3.8, 4) is 11.4 Å². The SMILES string of the molecule is CCn1c(C)nnc1-c1ccc(Br)cc1N. The zero-order chi connectivity index (χ0) is 11.7. The first-order valence-electron chi connectivity index (χ1n) is 5.08. The molecule has 5 heteroatoms. The largest absolute Gasteiger partial charge is 0.398 e. The van der Waals surface area contributed by atoms with Gasteiger partial charge in [0.05, 0.1) is 0 Å². The van der Waals surface area contributed by atoms with E-state index in [1.54, 1.807) is 0 Å². The molecule has 0 bridgehead atoms. The topological polar surface area (TPSA) is 56.7 Å². The Hall–Kier alpha value is -1.36. The normalized spacial score (nSPS) is 10.7. The molecular formula is C11H13BrN4. The fraction of sp³-hybridized carbons (Fsp3) is 0.273. The molecule has 2 rings (SSSR count). The molecule has 16 heavy (non-hydrogen) atoms. The van der Waals surface area contributed by atoms with Crippen molar-refractivity contribution < 1.29 is 0 Å². The molecule has 1 aromatic carbocycles. The van der Waals surface area contributed by atoms with E-state index >= 15 is 0 Å². The van der Waals surface area contributed by atoms with E-state index in [4.69, 9.17) is 5.73 Å². The summed E-state index contributed by atoms with van der Waals surface area (Å²) < 4.78 is 3.01. The maximum absolute atomic E-state index is 5.98. The van der Waals surface area contributed by atoms with Gasteiger partial charge in [0, 0.05) is 22.3 Å². The molecule has 0 aliphatic carbocycles. The molecule has 0 amide bonds. The van der Waals surface area contributed by atoms with Gasteiger partial charge in [0.15, 0.2) is 5.82 Å². The molecule has 0 saturated carbocycles. The number of aromatic nitrogens is 3. The number of halogens is 1. The van der Waals surface area contributed by atoms with Gasteiger partial charge in [-0.2, -0.15) is 0 Å². The minimum Gasteiger partial charge on any atom is -0.398 e. The Bertz CT molecular complexity index is 519. The van der Waals surface area contributed by atoms with Gasteiger partial charge in [-0.15, -0.1) is 10.2 Å². The average Bonchev–Trinajstić information content (AvgIpc) is 2.59. The number of hydrogen-bond acceptors (Lipinski definition) is 3. The molecule has 0 aliphatic rings. The molecule has 0 unspecified atom stereocenters. The second kappa shape index (κ2) is 4.25. The van der Waals surface area contributed by atoms with Crippen LogP contribution in [0.25, 0.3) is 11.4 Å². The molecule has 0 saturated heterocycles. The van der Waals surface area contributed by atoms with Crippen molar-refractivity contribution in [2.75, 3.05) is 5.73 Å². The average molecular weight is 281 g/mol. The molecule has 84 valence electrons. The van der Waals surface area contributed by atoms with E-state index in [1.807, 2.05) is 29.7 Å². The van der Waals surface area contributed by atoms with Crippen molar-refractivity contribution in [2.24, 2.45) is 0 Å². The first-order valence-corrected chi connectivity index (χ1v) is 5.88. The maximum Gasteiger partial charge on any atom is 0.166 e. The van der Waals surface area contributed by atoms with Crippen LogP contribution in [0.3, 0.4) is 0 Å². The molecule has 0 atom stereocenters. The fourth-order valence-corrected chi connectivity index (χ4v) is 2.07. The predicted molar refractivity (Wildman–Crippen MR) is 68.0 cm³/mol. The van der Waals surface area contributed by atoms with Crippen LogP contribution in [0.1, 0.15) is 12.7 Å². The third-order valence-electron chi connectivity index (χ3n) is 2.51. The molecule has 0 aliphatic heterocycles. The Morgan fingerprint density at radius 3 is 2.75 bits per heavy atom. The lowest BCUT2D eigenvalue weighted by Crippen LogP contribution is -2.01. The Morgan fingerprint density at radius 2 is 2.12 bits per heavy atom. The number of aryl methyl sites for hydroxylation is 1. The van der Waals surface area contributed by atoms with Crippen molar-refractivity contribution in [1.29, 1.82) is 0 Å². The van der Waals surface area contributed by atoms with Gasteiger partial charge in [-0.3, -0.25) is 0 Å². The van der Waals surface area contributed by atoms with Gasteiger partial charge in [-0.25, -0.2) is 0 Å². The van der Waals surface area contributed by atoms with E-state index in [9.17, 15) is 0 Å². The van der Waals surface area contributed by atoms with Crippen LogP contribution >= 0.6 is 15.9 Å². The second-order valence-electron chi connectivity index (χ2n) is 3.55. The van der Waals surface area contributed by atoms with Crippen LogP contribution in [0.15, 0.2) is 22.7 Å². The number of nitrogens with two attached hydrogens (primary N) is 1. The van der Waals surface area contributed by atoms with E-state index < -0.39 is 0 Å². The zero-order valence-corrected chi connectivity index (χ0v) is 10.8. The minimum absolute atomic E-state index is 0.705. The van der Waals surface area contributed by atoms with Crippen LogP contribution in [-0.2, 0) is 6.54 Å². The van der Waals surface area contributed by atoms with Crippen molar-refractivity contribution in [3.63, 3.8) is 0 Å². The molecule has 1 heterocycles. The minimum atomic E-state index is 0.705. The molecule has 0 fully saturated rings. The predicted octanol–water partition coefficient (Wildman–Crippen LogP) is 2.62. The lowest BCUT2D eigenvalue weighted by atomic mass is 10.1. The van der Waals surface area contributed by atoms with E-state index in [1.165, 1.54) is 0 Å². The van der Waals surface area contributed by atoms with Gasteiger partial charge >= 0.3 is 0 Å². The third-order valence-corrected chi connectivity index (χ3v) is 3.00. The van der Waals surface area contributed by atoms with Crippen LogP contribution in [0.2, 0.25) is 0 Å². The Labute approximate surface area is 103 Å². The molecule has 0 radical (unpaired) electrons. The number of nitrogen functional groups attached to an aromatic ring is 1. The number of rotatable bonds is 2. The van der Waals surface area contributed by atoms with E-state index in [2.05, 4.69) is 33.1 Å². The van der Waals surface area contributed by atoms with E-state index in [0.717, 1.165) is 28.2 Å². The quantitative estimate of drug-likeness (QED) is 0.861. The third kappa shape index (κ3) is 1.82. The fourth-order valence-electron chi connectivity index (χ4n) is 1.70. The lowest BCUT2D eigenvalue weighted by molar-refractivity contribution is 0.737. The van der Waals surface area contributed by atoms with Crippen molar-refractivity contribution >= 4 is 21.6 Å². The van der Waals surface area contributed by atoms with Gasteiger partial charge in [-0.1, -0.05) is 15.9 Å². The van der Waals surface area contributed by atoms with Crippen LogP contribution < -0.4 is 5.73 Å². The number of anilines is 1. The summed E-state index contributed by atoms with van der Waals surface area (Å²) >= 11 is 3.39. The number of nitrogens with zero attached hydrogens (tertiary/aromatic N) is 3. The molecule has 4 nitrogen and oxygen atoms in total. The van der Waals surface area contributed by atoms with Gasteiger partial charge in [0.2, 0.25) is 0 Å². The summed E-state index contributed by atoms with van der Waals surface area (Å²) in [5.41, 5.74) is 7.60. The summed E-state index contributed by atoms with van der Waals surface area (Å²) in [5, 5.41) is 8.24. The van der Waals surface area contributed by atoms with Crippen molar-refractivity contribution in [3.05, 3.63) is 28.5 Å². The lowest BCUT2D eigenvalue weighted by Gasteiger charge is -2.07. The number of hydrogen-bond donors (Lipinski definition) is 1. The molecular weight excluding hydrogens is 268 g/mol. The summed E-state index contributed by atoms with van der Waals surface area (Å²) in [6.07, 6.45) is 0. The Kier molecular flexibility index (Phi) is 2.96. The highest BCUT2D eigenvalue weighted by molar-refractivity contribution is 9.10. The molecule has 1 aromatic heterocycles. The van der Waals surface area contributed by atoms with Crippen molar-refractivity contribution in [1.82, 2.24) is 14.8 Å². The highest BCUT2D eigenvalue weighted by atomic mass is 79.9. The maximum atomic E-state index is 5.98. The Morgan fingerprint density at radius 1 is 1.38 bits per heavy atom. The van der Waals surface area contributed by atoms with Crippen LogP contribution in [0.4, 0.5) is 5.69 Å². The monoisotopic (exact) mass is 280 g/mol. The van der Waals surface area contributed by atoms with E-state index in [0.29, 0.717) is 5.69 Å². The highest BCUT2D eigenvalue weighted by Crippen LogP contribution is 2.27. The summed E-state index contributed by atoms with van der Waals surface area (Å²) in [6.45, 7) is 4.84. The Balaban J connectivity index is 2.58. The molecule has 2 N–H and O–H groups in total. The second-order valence-corrected chi connectivity index (χ2v) is 4.46. The van der Waals surface area contributed by atoms with Gasteiger partial charge in [0.25, 0.3) is 0 Å². The standard InChI is InChI=1S/C11H13BrN4/c1-3-16-7(2)14-15-11(16)9-5-4-8(12)6-10(9)13/h4-6H,3,13H2,1-2H3. The molecule has 2 aromatic rings. The smallest absolute Gasteiger partial charge is 0.166 e. The van der Waals surface area contributed by atoms with E-state index in [-0.39, 0.29) is 0 Å². The first-order chi connectivity index (χ1) is 7.63. The van der Waals surface area contributed by atoms with Gasteiger partial charge in [-0.05, 0) is 32.0 Å². The highest BCUT2D eigenvalue weighted by Gasteiger charge is 2.12. The van der Waals surface area contributed by atoms with Crippen molar-refractivity contribution in [2.45, 2.75) is 20.4 Å². The number of benzene rings is 1. The molecule has 0 spiro atoms. The summed E-state index contributed by atoms with van der Waals surface area (Å²) in [5.74, 6) is 1.73. The summed E-state index contributed by atoms with van der Waals surface area (Å²) in [4.78, 5) is 0. The first kappa shape index (κ1) is 11.1.